The van der Waals surface area contributed by atoms with Crippen LogP contribution in [0.5, 0.6) is 0 Å². The van der Waals surface area contributed by atoms with Crippen molar-refractivity contribution >= 4 is 0 Å². The van der Waals surface area contributed by atoms with Gasteiger partial charge in [0.2, 0.25) is 0 Å². The fraction of sp³-hybridized carbons (Fsp3) is 0.680. The first-order chi connectivity index (χ1) is 12.4. The molecule has 3 aliphatic rings. The second-order valence-electron chi connectivity index (χ2n) is 9.68. The molecule has 0 aromatic carbocycles. The van der Waals surface area contributed by atoms with Gasteiger partial charge in [0, 0.05) is 0 Å². The van der Waals surface area contributed by atoms with Crippen LogP contribution in [-0.4, -0.2) is 11.7 Å². The molecule has 26 heavy (non-hydrogen) atoms. The van der Waals surface area contributed by atoms with Gasteiger partial charge in [0.15, 0.2) is 0 Å². The topological polar surface area (TPSA) is 20.2 Å². The van der Waals surface area contributed by atoms with Gasteiger partial charge < -0.3 is 5.11 Å². The van der Waals surface area contributed by atoms with Gasteiger partial charge in [-0.1, -0.05) is 63.6 Å². The van der Waals surface area contributed by atoms with Gasteiger partial charge >= 0.3 is 0 Å². The van der Waals surface area contributed by atoms with Gasteiger partial charge in [0.05, 0.1) is 6.61 Å². The molecule has 144 valence electrons. The minimum absolute atomic E-state index is 0.184. The minimum Gasteiger partial charge on any atom is -0.392 e. The fourth-order valence-corrected chi connectivity index (χ4v) is 5.71. The third kappa shape index (κ3) is 3.79. The highest BCUT2D eigenvalue weighted by molar-refractivity contribution is 5.38. The second-order valence-corrected chi connectivity index (χ2v) is 9.68. The van der Waals surface area contributed by atoms with Gasteiger partial charge in [0.25, 0.3) is 0 Å². The summed E-state index contributed by atoms with van der Waals surface area (Å²) in [4.78, 5) is 0. The molecule has 0 saturated heterocycles. The molecular formula is C25H38O. The highest BCUT2D eigenvalue weighted by Crippen LogP contribution is 2.53. The van der Waals surface area contributed by atoms with Crippen molar-refractivity contribution in [1.82, 2.24) is 0 Å². The van der Waals surface area contributed by atoms with Crippen LogP contribution in [0.2, 0.25) is 0 Å². The predicted molar refractivity (Wildman–Crippen MR) is 112 cm³/mol. The van der Waals surface area contributed by atoms with Crippen LogP contribution in [0.3, 0.4) is 0 Å². The van der Waals surface area contributed by atoms with E-state index in [0.717, 1.165) is 31.1 Å². The minimum atomic E-state index is 0.184. The van der Waals surface area contributed by atoms with Gasteiger partial charge in [-0.15, -0.1) is 0 Å². The molecule has 3 aliphatic carbocycles. The summed E-state index contributed by atoms with van der Waals surface area (Å²) in [6.45, 7) is 12.0. The molecule has 0 radical (unpaired) electrons. The average Bonchev–Trinajstić information content (AvgIpc) is 3.12. The molecular weight excluding hydrogens is 316 g/mol. The molecule has 1 N–H and O–H groups in total. The van der Waals surface area contributed by atoms with Crippen molar-refractivity contribution in [1.29, 1.82) is 0 Å². The van der Waals surface area contributed by atoms with Crippen molar-refractivity contribution in [2.75, 3.05) is 6.61 Å². The fourth-order valence-electron chi connectivity index (χ4n) is 5.71. The van der Waals surface area contributed by atoms with Crippen LogP contribution in [-0.2, 0) is 0 Å². The predicted octanol–water partition coefficient (Wildman–Crippen LogP) is 6.47. The summed E-state index contributed by atoms with van der Waals surface area (Å²) < 4.78 is 0. The highest BCUT2D eigenvalue weighted by atomic mass is 16.3. The number of hydrogen-bond acceptors (Lipinski definition) is 1. The molecule has 1 fully saturated rings. The molecule has 0 aromatic rings. The largest absolute Gasteiger partial charge is 0.392 e. The Morgan fingerprint density at radius 3 is 2.62 bits per heavy atom. The number of hydrogen-bond donors (Lipinski definition) is 1. The van der Waals surface area contributed by atoms with E-state index in [4.69, 9.17) is 0 Å². The normalized spacial score (nSPS) is 43.3. The molecule has 1 saturated carbocycles. The van der Waals surface area contributed by atoms with Crippen LogP contribution in [0.25, 0.3) is 0 Å². The van der Waals surface area contributed by atoms with E-state index in [1.165, 1.54) is 29.6 Å². The summed E-state index contributed by atoms with van der Waals surface area (Å²) >= 11 is 0. The maximum absolute atomic E-state index is 10.1. The van der Waals surface area contributed by atoms with E-state index in [2.05, 4.69) is 65.0 Å². The molecule has 0 aromatic heterocycles. The number of rotatable bonds is 2. The number of aliphatic hydroxyl groups excluding tert-OH is 1. The maximum Gasteiger partial charge on any atom is 0.0681 e. The smallest absolute Gasteiger partial charge is 0.0681 e. The molecule has 0 spiro atoms. The zero-order valence-corrected chi connectivity index (χ0v) is 17.5. The molecule has 0 heterocycles. The Bertz CT molecular complexity index is 633. The van der Waals surface area contributed by atoms with Crippen molar-refractivity contribution < 1.29 is 5.11 Å². The SMILES string of the molecule is CC1=C/C[C@@H]2C(=CC[C@@H]2C)/C(CO)=C/C[C@H]2[C@@H](C(C)C)CC[C@]2(C)\C=C\1. The Hall–Kier alpha value is -1.08. The zero-order valence-electron chi connectivity index (χ0n) is 17.5. The third-order valence-electron chi connectivity index (χ3n) is 7.61. The lowest BCUT2D eigenvalue weighted by Crippen LogP contribution is -2.26. The van der Waals surface area contributed by atoms with Crippen molar-refractivity contribution in [2.24, 2.45) is 35.0 Å². The van der Waals surface area contributed by atoms with E-state index in [1.807, 2.05) is 0 Å². The monoisotopic (exact) mass is 354 g/mol. The maximum atomic E-state index is 10.1. The van der Waals surface area contributed by atoms with Gasteiger partial charge in [-0.25, -0.2) is 0 Å². The Morgan fingerprint density at radius 1 is 1.15 bits per heavy atom. The Morgan fingerprint density at radius 2 is 1.92 bits per heavy atom. The first kappa shape index (κ1) is 19.7. The molecule has 1 nitrogen and oxygen atoms in total. The van der Waals surface area contributed by atoms with Crippen molar-refractivity contribution in [3.05, 3.63) is 47.1 Å². The Kier molecular flexibility index (Phi) is 5.97. The molecule has 5 atom stereocenters. The summed E-state index contributed by atoms with van der Waals surface area (Å²) in [6.07, 6.45) is 18.1. The van der Waals surface area contributed by atoms with Crippen LogP contribution in [0.1, 0.15) is 66.7 Å². The summed E-state index contributed by atoms with van der Waals surface area (Å²) in [5.41, 5.74) is 4.30. The molecule has 1 heteroatoms. The van der Waals surface area contributed by atoms with E-state index in [1.54, 1.807) is 0 Å². The lowest BCUT2D eigenvalue weighted by atomic mass is 9.71. The van der Waals surface area contributed by atoms with E-state index in [9.17, 15) is 5.11 Å². The van der Waals surface area contributed by atoms with E-state index < -0.39 is 0 Å². The number of fused-ring (bicyclic) bond motifs is 2. The Labute approximate surface area is 161 Å². The quantitative estimate of drug-likeness (QED) is 0.602. The standard InChI is InChI=1S/C25H38O/c1-17(2)21-13-15-25(5)14-12-18(3)6-9-22-19(4)7-10-23(22)20(16-26)8-11-24(21)25/h6,8,10,12,14,17,19,21-22,24,26H,7,9,11,13,15-16H2,1-5H3/b14-12+,18-6-,20-8+/t19-,21+,22-,24-,25-/m0/s1. The van der Waals surface area contributed by atoms with Crippen LogP contribution < -0.4 is 0 Å². The average molecular weight is 355 g/mol. The van der Waals surface area contributed by atoms with Crippen molar-refractivity contribution in [2.45, 2.75) is 66.7 Å². The van der Waals surface area contributed by atoms with Crippen LogP contribution in [0.4, 0.5) is 0 Å². The third-order valence-corrected chi connectivity index (χ3v) is 7.61. The van der Waals surface area contributed by atoms with E-state index in [-0.39, 0.29) is 12.0 Å². The Balaban J connectivity index is 2.01. The number of aliphatic hydroxyl groups is 1. The van der Waals surface area contributed by atoms with Gasteiger partial charge in [-0.2, -0.15) is 0 Å². The number of allylic oxidation sites excluding steroid dienone is 6. The lowest BCUT2D eigenvalue weighted by molar-refractivity contribution is 0.213. The van der Waals surface area contributed by atoms with Crippen molar-refractivity contribution in [3.63, 3.8) is 0 Å². The second kappa shape index (κ2) is 7.89. The molecule has 0 bridgehead atoms. The molecule has 0 aliphatic heterocycles. The van der Waals surface area contributed by atoms with E-state index in [0.29, 0.717) is 17.8 Å². The highest BCUT2D eigenvalue weighted by Gasteiger charge is 2.43. The van der Waals surface area contributed by atoms with Crippen LogP contribution >= 0.6 is 0 Å². The molecule has 0 unspecified atom stereocenters. The molecule has 3 rings (SSSR count). The first-order valence-corrected chi connectivity index (χ1v) is 10.7. The van der Waals surface area contributed by atoms with Crippen molar-refractivity contribution in [3.8, 4) is 0 Å². The van der Waals surface area contributed by atoms with Gasteiger partial charge in [-0.3, -0.25) is 0 Å². The zero-order chi connectivity index (χ0) is 18.9. The summed E-state index contributed by atoms with van der Waals surface area (Å²) in [7, 11) is 0. The van der Waals surface area contributed by atoms with Gasteiger partial charge in [0.1, 0.15) is 0 Å². The summed E-state index contributed by atoms with van der Waals surface area (Å²) in [6, 6.07) is 0. The summed E-state index contributed by atoms with van der Waals surface area (Å²) in [5, 5.41) is 10.1. The summed E-state index contributed by atoms with van der Waals surface area (Å²) in [5.74, 6) is 3.41. The van der Waals surface area contributed by atoms with E-state index >= 15 is 0 Å². The van der Waals surface area contributed by atoms with Gasteiger partial charge in [-0.05, 0) is 85.2 Å². The molecule has 0 amide bonds. The lowest BCUT2D eigenvalue weighted by Gasteiger charge is -2.33. The first-order valence-electron chi connectivity index (χ1n) is 10.7. The van der Waals surface area contributed by atoms with Crippen LogP contribution in [0, 0.1) is 35.0 Å². The van der Waals surface area contributed by atoms with Crippen LogP contribution in [0.15, 0.2) is 47.1 Å².